The molecule has 1 atom stereocenters. The highest BCUT2D eigenvalue weighted by atomic mass is 79.9. The quantitative estimate of drug-likeness (QED) is 0.707. The second-order valence-corrected chi connectivity index (χ2v) is 6.20. The van der Waals surface area contributed by atoms with Gasteiger partial charge < -0.3 is 4.90 Å². The number of nitrogens with zero attached hydrogens (tertiary/aromatic N) is 1. The molecule has 15 heavy (non-hydrogen) atoms. The van der Waals surface area contributed by atoms with Crippen LogP contribution in [0.15, 0.2) is 0 Å². The zero-order valence-electron chi connectivity index (χ0n) is 9.97. The molecule has 1 aliphatic carbocycles. The van der Waals surface area contributed by atoms with E-state index in [1.54, 1.807) is 0 Å². The van der Waals surface area contributed by atoms with Crippen LogP contribution in [0.1, 0.15) is 45.4 Å². The lowest BCUT2D eigenvalue weighted by atomic mass is 9.70. The number of hydrogen-bond acceptors (Lipinski definition) is 1. The maximum atomic E-state index is 3.72. The van der Waals surface area contributed by atoms with Gasteiger partial charge in [-0.05, 0) is 43.6 Å². The van der Waals surface area contributed by atoms with Crippen molar-refractivity contribution in [3.8, 4) is 0 Å². The molecule has 1 heterocycles. The Labute approximate surface area is 103 Å². The van der Waals surface area contributed by atoms with Crippen molar-refractivity contribution in [1.82, 2.24) is 4.90 Å². The topological polar surface area (TPSA) is 3.24 Å². The van der Waals surface area contributed by atoms with Crippen LogP contribution in [0.2, 0.25) is 0 Å². The summed E-state index contributed by atoms with van der Waals surface area (Å²) in [7, 11) is 0. The molecule has 0 aromatic heterocycles. The Kier molecular flexibility index (Phi) is 4.11. The Morgan fingerprint density at radius 3 is 2.67 bits per heavy atom. The summed E-state index contributed by atoms with van der Waals surface area (Å²) in [5.74, 6) is 0.978. The molecule has 1 saturated carbocycles. The van der Waals surface area contributed by atoms with Crippen LogP contribution in [-0.2, 0) is 0 Å². The molecule has 1 aliphatic heterocycles. The average Bonchev–Trinajstić information content (AvgIpc) is 2.24. The summed E-state index contributed by atoms with van der Waals surface area (Å²) in [6.45, 7) is 6.42. The van der Waals surface area contributed by atoms with E-state index in [4.69, 9.17) is 0 Å². The largest absolute Gasteiger partial charge is 0.302 e. The highest BCUT2D eigenvalue weighted by molar-refractivity contribution is 9.09. The standard InChI is InChI=1S/C13H24BrN/c1-2-12-5-3-8-15(9-12)11-13(10-14)6-4-7-13/h12H,2-11H2,1H3. The van der Waals surface area contributed by atoms with Crippen LogP contribution in [0.25, 0.3) is 0 Å². The Balaban J connectivity index is 1.82. The molecule has 88 valence electrons. The summed E-state index contributed by atoms with van der Waals surface area (Å²) in [5.41, 5.74) is 0.648. The van der Waals surface area contributed by atoms with Crippen molar-refractivity contribution in [1.29, 1.82) is 0 Å². The predicted octanol–water partition coefficient (Wildman–Crippen LogP) is 3.67. The first-order valence-corrected chi connectivity index (χ1v) is 7.68. The normalized spacial score (nSPS) is 31.2. The van der Waals surface area contributed by atoms with Crippen LogP contribution in [-0.4, -0.2) is 29.9 Å². The molecular formula is C13H24BrN. The van der Waals surface area contributed by atoms with Gasteiger partial charge >= 0.3 is 0 Å². The minimum atomic E-state index is 0.648. The average molecular weight is 274 g/mol. The number of rotatable bonds is 4. The van der Waals surface area contributed by atoms with Gasteiger partial charge in [-0.25, -0.2) is 0 Å². The Bertz CT molecular complexity index is 195. The molecule has 1 nitrogen and oxygen atoms in total. The van der Waals surface area contributed by atoms with Gasteiger partial charge in [-0.3, -0.25) is 0 Å². The van der Waals surface area contributed by atoms with E-state index in [0.29, 0.717) is 5.41 Å². The first-order chi connectivity index (χ1) is 7.28. The van der Waals surface area contributed by atoms with Gasteiger partial charge in [0, 0.05) is 18.4 Å². The third kappa shape index (κ3) is 2.76. The van der Waals surface area contributed by atoms with Crippen molar-refractivity contribution in [3.63, 3.8) is 0 Å². The first-order valence-electron chi connectivity index (χ1n) is 6.56. The fourth-order valence-electron chi connectivity index (χ4n) is 3.11. The van der Waals surface area contributed by atoms with Gasteiger partial charge in [-0.1, -0.05) is 35.7 Å². The third-order valence-corrected chi connectivity index (χ3v) is 5.63. The lowest BCUT2D eigenvalue weighted by molar-refractivity contribution is 0.0631. The maximum absolute atomic E-state index is 3.72. The minimum absolute atomic E-state index is 0.648. The maximum Gasteiger partial charge on any atom is 0.0100 e. The fraction of sp³-hybridized carbons (Fsp3) is 1.00. The Hall–Kier alpha value is 0.440. The molecule has 0 bridgehead atoms. The fourth-order valence-corrected chi connectivity index (χ4v) is 3.85. The van der Waals surface area contributed by atoms with Crippen LogP contribution in [0.5, 0.6) is 0 Å². The second-order valence-electron chi connectivity index (χ2n) is 5.64. The van der Waals surface area contributed by atoms with E-state index in [1.165, 1.54) is 63.5 Å². The monoisotopic (exact) mass is 273 g/mol. The van der Waals surface area contributed by atoms with Gasteiger partial charge in [0.2, 0.25) is 0 Å². The molecule has 0 spiro atoms. The van der Waals surface area contributed by atoms with E-state index in [0.717, 1.165) is 5.92 Å². The van der Waals surface area contributed by atoms with Crippen molar-refractivity contribution >= 4 is 15.9 Å². The summed E-state index contributed by atoms with van der Waals surface area (Å²) in [5, 5.41) is 1.22. The van der Waals surface area contributed by atoms with Gasteiger partial charge in [0.1, 0.15) is 0 Å². The highest BCUT2D eigenvalue weighted by Gasteiger charge is 2.38. The summed E-state index contributed by atoms with van der Waals surface area (Å²) in [4.78, 5) is 2.73. The van der Waals surface area contributed by atoms with E-state index in [1.807, 2.05) is 0 Å². The Morgan fingerprint density at radius 1 is 1.33 bits per heavy atom. The highest BCUT2D eigenvalue weighted by Crippen LogP contribution is 2.43. The first kappa shape index (κ1) is 11.9. The lowest BCUT2D eigenvalue weighted by Crippen LogP contribution is -2.47. The number of alkyl halides is 1. The van der Waals surface area contributed by atoms with Gasteiger partial charge in [-0.15, -0.1) is 0 Å². The van der Waals surface area contributed by atoms with Gasteiger partial charge in [-0.2, -0.15) is 0 Å². The van der Waals surface area contributed by atoms with Gasteiger partial charge in [0.05, 0.1) is 0 Å². The number of likely N-dealkylation sites (tertiary alicyclic amines) is 1. The molecule has 0 radical (unpaired) electrons. The molecule has 2 rings (SSSR count). The van der Waals surface area contributed by atoms with Crippen molar-refractivity contribution in [2.24, 2.45) is 11.3 Å². The van der Waals surface area contributed by atoms with Crippen LogP contribution in [0, 0.1) is 11.3 Å². The van der Waals surface area contributed by atoms with E-state index < -0.39 is 0 Å². The molecule has 2 aliphatic rings. The number of piperidine rings is 1. The zero-order chi connectivity index (χ0) is 10.7. The van der Waals surface area contributed by atoms with Crippen molar-refractivity contribution in [2.75, 3.05) is 25.0 Å². The molecule has 1 unspecified atom stereocenters. The van der Waals surface area contributed by atoms with E-state index in [-0.39, 0.29) is 0 Å². The third-order valence-electron chi connectivity index (χ3n) is 4.44. The molecule has 1 saturated heterocycles. The molecule has 0 amide bonds. The number of halogens is 1. The predicted molar refractivity (Wildman–Crippen MR) is 69.5 cm³/mol. The Morgan fingerprint density at radius 2 is 2.13 bits per heavy atom. The van der Waals surface area contributed by atoms with Crippen LogP contribution in [0.4, 0.5) is 0 Å². The SMILES string of the molecule is CCC1CCCN(CC2(CBr)CCC2)C1. The summed E-state index contributed by atoms with van der Waals surface area (Å²) in [6.07, 6.45) is 8.62. The summed E-state index contributed by atoms with van der Waals surface area (Å²) in [6, 6.07) is 0. The molecule has 0 aromatic rings. The second kappa shape index (κ2) is 5.18. The van der Waals surface area contributed by atoms with E-state index in [2.05, 4.69) is 27.8 Å². The molecular weight excluding hydrogens is 250 g/mol. The van der Waals surface area contributed by atoms with Gasteiger partial charge in [0.25, 0.3) is 0 Å². The van der Waals surface area contributed by atoms with Crippen molar-refractivity contribution < 1.29 is 0 Å². The summed E-state index contributed by atoms with van der Waals surface area (Å²) >= 11 is 3.72. The van der Waals surface area contributed by atoms with Crippen LogP contribution < -0.4 is 0 Å². The van der Waals surface area contributed by atoms with E-state index >= 15 is 0 Å². The van der Waals surface area contributed by atoms with Crippen LogP contribution in [0.3, 0.4) is 0 Å². The minimum Gasteiger partial charge on any atom is -0.302 e. The smallest absolute Gasteiger partial charge is 0.0100 e. The zero-order valence-corrected chi connectivity index (χ0v) is 11.6. The number of hydrogen-bond donors (Lipinski definition) is 0. The van der Waals surface area contributed by atoms with Crippen molar-refractivity contribution in [2.45, 2.75) is 45.4 Å². The van der Waals surface area contributed by atoms with Gasteiger partial charge in [0.15, 0.2) is 0 Å². The summed E-state index contributed by atoms with van der Waals surface area (Å²) < 4.78 is 0. The van der Waals surface area contributed by atoms with Crippen molar-refractivity contribution in [3.05, 3.63) is 0 Å². The lowest BCUT2D eigenvalue weighted by Gasteiger charge is -2.46. The molecule has 2 heteroatoms. The molecule has 2 fully saturated rings. The van der Waals surface area contributed by atoms with Crippen LogP contribution >= 0.6 is 15.9 Å². The molecule has 0 N–H and O–H groups in total. The molecule has 0 aromatic carbocycles. The van der Waals surface area contributed by atoms with E-state index in [9.17, 15) is 0 Å².